The first-order chi connectivity index (χ1) is 10.1. The molecule has 0 atom stereocenters. The van der Waals surface area contributed by atoms with Crippen LogP contribution in [-0.4, -0.2) is 19.9 Å². The predicted octanol–water partition coefficient (Wildman–Crippen LogP) is 3.50. The Bertz CT molecular complexity index is 816. The van der Waals surface area contributed by atoms with Gasteiger partial charge in [0.2, 0.25) is 0 Å². The largest absolute Gasteiger partial charge is 0.294 e. The van der Waals surface area contributed by atoms with Crippen LogP contribution in [0.5, 0.6) is 0 Å². The van der Waals surface area contributed by atoms with Gasteiger partial charge in [0.15, 0.2) is 0 Å². The molecule has 0 fully saturated rings. The number of aromatic nitrogens is 3. The quantitative estimate of drug-likeness (QED) is 0.548. The van der Waals surface area contributed by atoms with Crippen molar-refractivity contribution in [1.82, 2.24) is 15.0 Å². The molecule has 0 aliphatic heterocycles. The topological polar surface area (TPSA) is 73.8 Å². The summed E-state index contributed by atoms with van der Waals surface area (Å²) in [7, 11) is 0. The molecule has 0 saturated carbocycles. The number of nitro benzene ring substituents is 1. The van der Waals surface area contributed by atoms with E-state index in [-0.39, 0.29) is 5.69 Å². The molecule has 0 N–H and O–H groups in total. The zero-order chi connectivity index (χ0) is 14.8. The molecule has 0 amide bonds. The number of para-hydroxylation sites is 2. The van der Waals surface area contributed by atoms with Gasteiger partial charge >= 0.3 is 0 Å². The van der Waals surface area contributed by atoms with Gasteiger partial charge in [-0.15, -0.1) is 5.10 Å². The van der Waals surface area contributed by atoms with E-state index in [1.807, 2.05) is 12.1 Å². The average molecular weight is 301 g/mol. The second-order valence-electron chi connectivity index (χ2n) is 4.30. The zero-order valence-electron chi connectivity index (χ0n) is 10.7. The third-order valence-corrected chi connectivity index (χ3v) is 3.17. The number of nitrogens with zero attached hydrogens (tertiary/aromatic N) is 4. The Morgan fingerprint density at radius 3 is 2.71 bits per heavy atom. The molecule has 7 heteroatoms. The van der Waals surface area contributed by atoms with Gasteiger partial charge in [-0.3, -0.25) is 10.1 Å². The Kier molecular flexibility index (Phi) is 3.37. The third kappa shape index (κ3) is 2.61. The standard InChI is InChI=1S/C14H9ClN4O2/c15-11-5-3-4-10(8-11)12-9-18(17-16-12)13-6-1-2-7-14(13)19(20)21/h1-9H. The van der Waals surface area contributed by atoms with E-state index in [1.165, 1.54) is 10.7 Å². The molecule has 0 saturated heterocycles. The molecular weight excluding hydrogens is 292 g/mol. The van der Waals surface area contributed by atoms with Gasteiger partial charge in [-0.1, -0.05) is 41.1 Å². The summed E-state index contributed by atoms with van der Waals surface area (Å²) in [4.78, 5) is 10.6. The molecule has 0 spiro atoms. The summed E-state index contributed by atoms with van der Waals surface area (Å²) in [6, 6.07) is 13.5. The summed E-state index contributed by atoms with van der Waals surface area (Å²) in [6.45, 7) is 0. The Hall–Kier alpha value is -2.73. The fourth-order valence-electron chi connectivity index (χ4n) is 1.97. The van der Waals surface area contributed by atoms with Gasteiger partial charge in [-0.25, -0.2) is 4.68 Å². The van der Waals surface area contributed by atoms with Crippen molar-refractivity contribution in [1.29, 1.82) is 0 Å². The van der Waals surface area contributed by atoms with Crippen LogP contribution in [0.2, 0.25) is 5.02 Å². The maximum Gasteiger partial charge on any atom is 0.294 e. The Labute approximate surface area is 124 Å². The van der Waals surface area contributed by atoms with Crippen LogP contribution in [-0.2, 0) is 0 Å². The van der Waals surface area contributed by atoms with Gasteiger partial charge in [-0.2, -0.15) is 0 Å². The smallest absolute Gasteiger partial charge is 0.258 e. The minimum atomic E-state index is -0.448. The maximum atomic E-state index is 11.0. The van der Waals surface area contributed by atoms with Gasteiger partial charge < -0.3 is 0 Å². The van der Waals surface area contributed by atoms with E-state index in [0.717, 1.165) is 5.56 Å². The highest BCUT2D eigenvalue weighted by Gasteiger charge is 2.16. The zero-order valence-corrected chi connectivity index (χ0v) is 11.4. The van der Waals surface area contributed by atoms with Crippen LogP contribution < -0.4 is 0 Å². The van der Waals surface area contributed by atoms with Crippen LogP contribution in [0.4, 0.5) is 5.69 Å². The lowest BCUT2D eigenvalue weighted by atomic mass is 10.2. The molecule has 3 rings (SSSR count). The van der Waals surface area contributed by atoms with Crippen molar-refractivity contribution in [3.05, 3.63) is 69.9 Å². The van der Waals surface area contributed by atoms with Crippen LogP contribution in [0, 0.1) is 10.1 Å². The first kappa shape index (κ1) is 13.3. The summed E-state index contributed by atoms with van der Waals surface area (Å²) in [5.74, 6) is 0. The van der Waals surface area contributed by atoms with E-state index in [4.69, 9.17) is 11.6 Å². The molecule has 6 nitrogen and oxygen atoms in total. The molecule has 104 valence electrons. The molecule has 3 aromatic rings. The molecule has 0 radical (unpaired) electrons. The molecular formula is C14H9ClN4O2. The number of rotatable bonds is 3. The fourth-order valence-corrected chi connectivity index (χ4v) is 2.16. The van der Waals surface area contributed by atoms with E-state index >= 15 is 0 Å². The molecule has 2 aromatic carbocycles. The van der Waals surface area contributed by atoms with Gasteiger partial charge in [0.25, 0.3) is 5.69 Å². The van der Waals surface area contributed by atoms with Crippen LogP contribution >= 0.6 is 11.6 Å². The van der Waals surface area contributed by atoms with Crippen molar-refractivity contribution in [2.24, 2.45) is 0 Å². The number of hydrogen-bond donors (Lipinski definition) is 0. The maximum absolute atomic E-state index is 11.0. The van der Waals surface area contributed by atoms with Crippen LogP contribution in [0.3, 0.4) is 0 Å². The monoisotopic (exact) mass is 300 g/mol. The Morgan fingerprint density at radius 1 is 1.14 bits per heavy atom. The summed E-state index contributed by atoms with van der Waals surface area (Å²) >= 11 is 5.94. The normalized spacial score (nSPS) is 10.5. The highest BCUT2D eigenvalue weighted by molar-refractivity contribution is 6.30. The summed E-state index contributed by atoms with van der Waals surface area (Å²) in [5, 5.41) is 19.6. The first-order valence-electron chi connectivity index (χ1n) is 6.07. The number of halogens is 1. The third-order valence-electron chi connectivity index (χ3n) is 2.94. The van der Waals surface area contributed by atoms with E-state index in [2.05, 4.69) is 10.3 Å². The highest BCUT2D eigenvalue weighted by atomic mass is 35.5. The molecule has 1 aromatic heterocycles. The highest BCUT2D eigenvalue weighted by Crippen LogP contribution is 2.24. The molecule has 0 aliphatic carbocycles. The van der Waals surface area contributed by atoms with Crippen LogP contribution in [0.1, 0.15) is 0 Å². The van der Waals surface area contributed by atoms with Gasteiger partial charge in [-0.05, 0) is 18.2 Å². The van der Waals surface area contributed by atoms with Gasteiger partial charge in [0.1, 0.15) is 11.4 Å². The lowest BCUT2D eigenvalue weighted by Crippen LogP contribution is -2.00. The SMILES string of the molecule is O=[N+]([O-])c1ccccc1-n1cc(-c2cccc(Cl)c2)nn1. The summed E-state index contributed by atoms with van der Waals surface area (Å²) < 4.78 is 1.38. The molecule has 21 heavy (non-hydrogen) atoms. The lowest BCUT2D eigenvalue weighted by Gasteiger charge is -2.00. The van der Waals surface area contributed by atoms with E-state index < -0.39 is 4.92 Å². The summed E-state index contributed by atoms with van der Waals surface area (Å²) in [6.07, 6.45) is 1.63. The van der Waals surface area contributed by atoms with Crippen molar-refractivity contribution in [2.75, 3.05) is 0 Å². The second kappa shape index (κ2) is 5.34. The molecule has 0 bridgehead atoms. The molecule has 0 aliphatic rings. The number of benzene rings is 2. The van der Waals surface area contributed by atoms with Crippen molar-refractivity contribution < 1.29 is 4.92 Å². The number of hydrogen-bond acceptors (Lipinski definition) is 4. The lowest BCUT2D eigenvalue weighted by molar-refractivity contribution is -0.384. The van der Waals surface area contributed by atoms with E-state index in [0.29, 0.717) is 16.4 Å². The second-order valence-corrected chi connectivity index (χ2v) is 4.74. The van der Waals surface area contributed by atoms with Crippen molar-refractivity contribution >= 4 is 17.3 Å². The predicted molar refractivity (Wildman–Crippen MR) is 78.5 cm³/mol. The number of nitro groups is 1. The Morgan fingerprint density at radius 2 is 1.95 bits per heavy atom. The van der Waals surface area contributed by atoms with Crippen molar-refractivity contribution in [2.45, 2.75) is 0 Å². The first-order valence-corrected chi connectivity index (χ1v) is 6.45. The summed E-state index contributed by atoms with van der Waals surface area (Å²) in [5.41, 5.74) is 1.73. The molecule has 0 unspecified atom stereocenters. The van der Waals surface area contributed by atoms with Crippen LogP contribution in [0.25, 0.3) is 16.9 Å². The minimum Gasteiger partial charge on any atom is -0.258 e. The van der Waals surface area contributed by atoms with Gasteiger partial charge in [0, 0.05) is 16.7 Å². The van der Waals surface area contributed by atoms with Crippen molar-refractivity contribution in [3.63, 3.8) is 0 Å². The fraction of sp³-hybridized carbons (Fsp3) is 0. The van der Waals surface area contributed by atoms with E-state index in [1.54, 1.807) is 36.5 Å². The average Bonchev–Trinajstić information content (AvgIpc) is 2.97. The van der Waals surface area contributed by atoms with Gasteiger partial charge in [0.05, 0.1) is 11.1 Å². The van der Waals surface area contributed by atoms with Crippen molar-refractivity contribution in [3.8, 4) is 16.9 Å². The van der Waals surface area contributed by atoms with E-state index in [9.17, 15) is 10.1 Å². The molecule has 1 heterocycles. The Balaban J connectivity index is 2.05. The van der Waals surface area contributed by atoms with Crippen LogP contribution in [0.15, 0.2) is 54.7 Å². The minimum absolute atomic E-state index is 0.0277.